The molecule has 1 saturated heterocycles. The van der Waals surface area contributed by atoms with Gasteiger partial charge in [0, 0.05) is 43.1 Å². The van der Waals surface area contributed by atoms with Gasteiger partial charge in [-0.1, -0.05) is 90.7 Å². The van der Waals surface area contributed by atoms with E-state index in [0.29, 0.717) is 12.8 Å². The fourth-order valence-corrected chi connectivity index (χ4v) is 5.58. The molecule has 1 aliphatic heterocycles. The third-order valence-corrected chi connectivity index (χ3v) is 8.76. The molecule has 0 aromatic rings. The van der Waals surface area contributed by atoms with Crippen molar-refractivity contribution >= 4 is 12.1 Å². The van der Waals surface area contributed by atoms with Gasteiger partial charge in [-0.25, -0.2) is 4.79 Å². The van der Waals surface area contributed by atoms with Gasteiger partial charge in [0.25, 0.3) is 0 Å². The Morgan fingerprint density at radius 1 is 1.02 bits per heavy atom. The third-order valence-electron chi connectivity index (χ3n) is 8.76. The van der Waals surface area contributed by atoms with E-state index < -0.39 is 54.6 Å². The number of ether oxygens (including phenoxy) is 4. The molecule has 5 N–H and O–H groups in total. The Hall–Kier alpha value is -2.50. The Bertz CT molecular complexity index is 966. The maximum Gasteiger partial charge on any atom is 0.404 e. The normalized spacial score (nSPS) is 27.3. The minimum Gasteiger partial charge on any atom is -0.462 e. The molecule has 0 bridgehead atoms. The van der Waals surface area contributed by atoms with Crippen molar-refractivity contribution < 1.29 is 43.9 Å². The Labute approximate surface area is 264 Å². The third kappa shape index (κ3) is 12.5. The topological polar surface area (TPSA) is 158 Å². The lowest BCUT2D eigenvalue weighted by Crippen LogP contribution is -2.47. The number of amides is 1. The molecule has 1 fully saturated rings. The number of primary amides is 1. The van der Waals surface area contributed by atoms with Crippen LogP contribution in [0, 0.1) is 41.4 Å². The summed E-state index contributed by atoms with van der Waals surface area (Å²) in [7, 11) is 1.52. The standard InChI is InChI=1S/C34H57NO9/c1-10-11-13-23(5)32(44-34(35)40)25(7)30(37)21(3)15-12-14-20(2)29(36)22(4)16-17-27(42-19-41-9)18-28-24(6)31(38)26(8)33(39)43-28/h10-14,16-17,20-32,36-38H,1,15,18-19H2,2-9H3,(H2,35,40)/b13-11-,14-12-,17-16-/t20-,21-,22-,23-,24-,25-,26+,27+,28?,29+,30+,31-,32-/m0/s1. The van der Waals surface area contributed by atoms with Crippen LogP contribution in [0.25, 0.3) is 0 Å². The zero-order valence-electron chi connectivity index (χ0n) is 27.7. The van der Waals surface area contributed by atoms with E-state index in [9.17, 15) is 24.9 Å². The van der Waals surface area contributed by atoms with Crippen molar-refractivity contribution in [2.24, 2.45) is 47.2 Å². The van der Waals surface area contributed by atoms with Gasteiger partial charge >= 0.3 is 12.1 Å². The van der Waals surface area contributed by atoms with Crippen LogP contribution in [0.4, 0.5) is 4.79 Å². The zero-order chi connectivity index (χ0) is 33.6. The van der Waals surface area contributed by atoms with Gasteiger partial charge in [0.2, 0.25) is 0 Å². The molecular formula is C34H57NO9. The van der Waals surface area contributed by atoms with Crippen LogP contribution in [0.15, 0.2) is 49.1 Å². The van der Waals surface area contributed by atoms with Crippen LogP contribution in [0.1, 0.15) is 61.3 Å². The highest BCUT2D eigenvalue weighted by molar-refractivity contribution is 5.73. The molecule has 10 nitrogen and oxygen atoms in total. The summed E-state index contributed by atoms with van der Waals surface area (Å²) in [5, 5.41) is 32.5. The first kappa shape index (κ1) is 39.5. The van der Waals surface area contributed by atoms with Gasteiger partial charge in [-0.2, -0.15) is 0 Å². The lowest BCUT2D eigenvalue weighted by atomic mass is 9.82. The van der Waals surface area contributed by atoms with Crippen LogP contribution in [0.5, 0.6) is 0 Å². The lowest BCUT2D eigenvalue weighted by Gasteiger charge is -2.37. The second kappa shape index (κ2) is 19.8. The minimum absolute atomic E-state index is 0.0432. The molecule has 0 aliphatic carbocycles. The highest BCUT2D eigenvalue weighted by Gasteiger charge is 2.41. The Balaban J connectivity index is 2.80. The molecule has 1 amide bonds. The molecule has 0 aromatic heterocycles. The maximum absolute atomic E-state index is 12.2. The van der Waals surface area contributed by atoms with Crippen molar-refractivity contribution in [3.05, 3.63) is 49.1 Å². The average Bonchev–Trinajstić information content (AvgIpc) is 2.99. The van der Waals surface area contributed by atoms with Crippen LogP contribution in [0.3, 0.4) is 0 Å². The van der Waals surface area contributed by atoms with Gasteiger partial charge in [0.1, 0.15) is 19.0 Å². The largest absolute Gasteiger partial charge is 0.462 e. The SMILES string of the molecule is C=C/C=C\[C@H](C)[C@H](OC(N)=O)[C@@H](C)[C@H](O)[C@@H](C)C/C=C\[C@H](C)[C@@H](O)[C@@H](C)/C=C\[C@H](CC1OC(=O)[C@H](C)[C@@H](O)[C@H]1C)OCOC. The van der Waals surface area contributed by atoms with Gasteiger partial charge in [-0.15, -0.1) is 0 Å². The minimum atomic E-state index is -0.886. The monoisotopic (exact) mass is 623 g/mol. The molecule has 0 spiro atoms. The highest BCUT2D eigenvalue weighted by atomic mass is 16.7. The van der Waals surface area contributed by atoms with Gasteiger partial charge in [0.05, 0.1) is 30.3 Å². The fourth-order valence-electron chi connectivity index (χ4n) is 5.58. The Morgan fingerprint density at radius 3 is 2.25 bits per heavy atom. The molecule has 0 radical (unpaired) electrons. The second-order valence-electron chi connectivity index (χ2n) is 12.4. The number of hydrogen-bond acceptors (Lipinski definition) is 9. The molecular weight excluding hydrogens is 566 g/mol. The summed E-state index contributed by atoms with van der Waals surface area (Å²) < 4.78 is 21.8. The van der Waals surface area contributed by atoms with Crippen molar-refractivity contribution in [1.82, 2.24) is 0 Å². The number of rotatable bonds is 19. The maximum atomic E-state index is 12.2. The van der Waals surface area contributed by atoms with E-state index in [0.717, 1.165) is 0 Å². The first-order chi connectivity index (χ1) is 20.7. The van der Waals surface area contributed by atoms with E-state index in [1.54, 1.807) is 19.1 Å². The predicted molar refractivity (Wildman–Crippen MR) is 170 cm³/mol. The van der Waals surface area contributed by atoms with Gasteiger partial charge in [-0.05, 0) is 19.3 Å². The van der Waals surface area contributed by atoms with Gasteiger partial charge in [0.15, 0.2) is 0 Å². The van der Waals surface area contributed by atoms with Crippen molar-refractivity contribution in [3.63, 3.8) is 0 Å². The van der Waals surface area contributed by atoms with Crippen LogP contribution in [-0.4, -0.2) is 77.9 Å². The summed E-state index contributed by atoms with van der Waals surface area (Å²) >= 11 is 0. The molecule has 0 saturated carbocycles. The molecule has 252 valence electrons. The van der Waals surface area contributed by atoms with E-state index in [-0.39, 0.29) is 42.3 Å². The van der Waals surface area contributed by atoms with E-state index in [2.05, 4.69) is 6.58 Å². The number of cyclic esters (lactones) is 1. The smallest absolute Gasteiger partial charge is 0.404 e. The summed E-state index contributed by atoms with van der Waals surface area (Å²) in [5.74, 6) is -2.34. The molecule has 1 heterocycles. The summed E-state index contributed by atoms with van der Waals surface area (Å²) in [6.07, 6.45) is 9.08. The molecule has 10 heteroatoms. The number of carbonyl (C=O) groups excluding carboxylic acids is 2. The zero-order valence-corrected chi connectivity index (χ0v) is 27.7. The number of methoxy groups -OCH3 is 1. The lowest BCUT2D eigenvalue weighted by molar-refractivity contribution is -0.181. The summed E-state index contributed by atoms with van der Waals surface area (Å²) in [6, 6.07) is 0. The highest BCUT2D eigenvalue weighted by Crippen LogP contribution is 2.30. The van der Waals surface area contributed by atoms with Crippen molar-refractivity contribution in [3.8, 4) is 0 Å². The molecule has 1 unspecified atom stereocenters. The van der Waals surface area contributed by atoms with Crippen LogP contribution in [-0.2, 0) is 23.7 Å². The van der Waals surface area contributed by atoms with Crippen LogP contribution >= 0.6 is 0 Å². The second-order valence-corrected chi connectivity index (χ2v) is 12.4. The first-order valence-corrected chi connectivity index (χ1v) is 15.6. The van der Waals surface area contributed by atoms with Gasteiger partial charge in [-0.3, -0.25) is 4.79 Å². The summed E-state index contributed by atoms with van der Waals surface area (Å²) in [4.78, 5) is 23.7. The number of esters is 1. The van der Waals surface area contributed by atoms with Crippen molar-refractivity contribution in [1.29, 1.82) is 0 Å². The van der Waals surface area contributed by atoms with Gasteiger partial charge < -0.3 is 40.0 Å². The van der Waals surface area contributed by atoms with Crippen molar-refractivity contribution in [2.45, 2.75) is 97.9 Å². The van der Waals surface area contributed by atoms with Crippen molar-refractivity contribution in [2.75, 3.05) is 13.9 Å². The first-order valence-electron chi connectivity index (χ1n) is 15.6. The predicted octanol–water partition coefficient (Wildman–Crippen LogP) is 4.54. The van der Waals surface area contributed by atoms with E-state index >= 15 is 0 Å². The number of carbonyl (C=O) groups is 2. The molecule has 1 aliphatic rings. The summed E-state index contributed by atoms with van der Waals surface area (Å²) in [6.45, 7) is 16.7. The Morgan fingerprint density at radius 2 is 1.66 bits per heavy atom. The quantitative estimate of drug-likeness (QED) is 0.0702. The van der Waals surface area contributed by atoms with E-state index in [1.807, 2.05) is 71.9 Å². The molecule has 0 aromatic carbocycles. The van der Waals surface area contributed by atoms with Crippen LogP contribution in [0.2, 0.25) is 0 Å². The number of hydrogen-bond donors (Lipinski definition) is 4. The number of aliphatic hydroxyl groups is 3. The van der Waals surface area contributed by atoms with Crippen LogP contribution < -0.4 is 5.73 Å². The Kier molecular flexibility index (Phi) is 17.8. The van der Waals surface area contributed by atoms with E-state index in [1.165, 1.54) is 7.11 Å². The average molecular weight is 624 g/mol. The number of nitrogens with two attached hydrogens (primary N) is 1. The number of aliphatic hydroxyl groups excluding tert-OH is 3. The molecule has 44 heavy (non-hydrogen) atoms. The summed E-state index contributed by atoms with van der Waals surface area (Å²) in [5.41, 5.74) is 5.30. The van der Waals surface area contributed by atoms with E-state index in [4.69, 9.17) is 24.7 Å². The fraction of sp³-hybridized carbons (Fsp3) is 0.706. The molecule has 13 atom stereocenters. The number of allylic oxidation sites excluding steroid dienone is 3. The molecule has 1 rings (SSSR count).